The average Bonchev–Trinajstić information content (AvgIpc) is 2.97. The Morgan fingerprint density at radius 2 is 2.17 bits per heavy atom. The van der Waals surface area contributed by atoms with Gasteiger partial charge in [0.15, 0.2) is 0 Å². The van der Waals surface area contributed by atoms with Gasteiger partial charge in [-0.15, -0.1) is 0 Å². The lowest BCUT2D eigenvalue weighted by Gasteiger charge is -2.15. The molecule has 0 aliphatic rings. The minimum absolute atomic E-state index is 0.0663. The van der Waals surface area contributed by atoms with E-state index in [1.54, 1.807) is 0 Å². The summed E-state index contributed by atoms with van der Waals surface area (Å²) in [6, 6.07) is 9.32. The molecule has 0 saturated heterocycles. The van der Waals surface area contributed by atoms with E-state index in [2.05, 4.69) is 15.4 Å². The van der Waals surface area contributed by atoms with E-state index >= 15 is 0 Å². The van der Waals surface area contributed by atoms with Gasteiger partial charge in [-0.3, -0.25) is 4.79 Å². The second kappa shape index (κ2) is 6.78. The molecule has 0 aliphatic carbocycles. The molecule has 0 bridgehead atoms. The number of nitrogens with zero attached hydrogens (tertiary/aromatic N) is 3. The quantitative estimate of drug-likeness (QED) is 0.769. The van der Waals surface area contributed by atoms with Crippen molar-refractivity contribution in [1.29, 1.82) is 0 Å². The highest BCUT2D eigenvalue weighted by atomic mass is 35.5. The fourth-order valence-corrected chi connectivity index (χ4v) is 3.48. The van der Waals surface area contributed by atoms with Gasteiger partial charge in [0.1, 0.15) is 5.01 Å². The first-order chi connectivity index (χ1) is 11.1. The highest BCUT2D eigenvalue weighted by molar-refractivity contribution is 7.16. The Balaban J connectivity index is 1.79. The second-order valence-corrected chi connectivity index (χ2v) is 6.70. The lowest BCUT2D eigenvalue weighted by atomic mass is 10.1. The first kappa shape index (κ1) is 16.1. The highest BCUT2D eigenvalue weighted by Gasteiger charge is 2.11. The smallest absolute Gasteiger partial charge is 0.275 e. The first-order valence-corrected chi connectivity index (χ1v) is 8.64. The summed E-state index contributed by atoms with van der Waals surface area (Å²) in [6.45, 7) is 4.54. The fourth-order valence-electron chi connectivity index (χ4n) is 2.32. The van der Waals surface area contributed by atoms with E-state index in [4.69, 9.17) is 11.6 Å². The molecule has 3 aromatic rings. The van der Waals surface area contributed by atoms with Crippen LogP contribution >= 0.6 is 22.9 Å². The number of hydrogen-bond donors (Lipinski definition) is 1. The summed E-state index contributed by atoms with van der Waals surface area (Å²) < 4.78 is 1.37. The molecule has 1 aromatic carbocycles. The molecule has 5 nitrogen and oxygen atoms in total. The molecule has 0 amide bonds. The van der Waals surface area contributed by atoms with Crippen LogP contribution in [0.1, 0.15) is 36.2 Å². The van der Waals surface area contributed by atoms with Crippen LogP contribution in [0, 0.1) is 0 Å². The Morgan fingerprint density at radius 3 is 2.91 bits per heavy atom. The fraction of sp³-hybridized carbons (Fsp3) is 0.312. The summed E-state index contributed by atoms with van der Waals surface area (Å²) >= 11 is 7.66. The average molecular weight is 349 g/mol. The number of fused-ring (bicyclic) bond motifs is 1. The van der Waals surface area contributed by atoms with E-state index in [9.17, 15) is 4.79 Å². The number of aromatic nitrogens is 3. The number of rotatable bonds is 5. The molecule has 3 rings (SSSR count). The maximum atomic E-state index is 12.1. The zero-order valence-corrected chi connectivity index (χ0v) is 14.5. The van der Waals surface area contributed by atoms with E-state index in [0.29, 0.717) is 17.2 Å². The van der Waals surface area contributed by atoms with Crippen LogP contribution in [0.15, 0.2) is 35.1 Å². The molecule has 2 heterocycles. The standard InChI is InChI=1S/C16H17ClN4OS/c1-3-14-20-21-15(22)8-11(19-16(21)23-14)9-18-10(2)12-6-4-5-7-13(12)17/h4-8,10,18H,3,9H2,1-2H3/t10-/m1/s1. The number of nitrogens with one attached hydrogen (secondary N) is 1. The Kier molecular flexibility index (Phi) is 4.75. The molecule has 0 radical (unpaired) electrons. The van der Waals surface area contributed by atoms with Gasteiger partial charge in [0, 0.05) is 23.7 Å². The van der Waals surface area contributed by atoms with Gasteiger partial charge in [0.05, 0.1) is 5.69 Å². The molecule has 1 N–H and O–H groups in total. The predicted octanol–water partition coefficient (Wildman–Crippen LogP) is 3.22. The minimum atomic E-state index is -0.145. The first-order valence-electron chi connectivity index (χ1n) is 7.45. The van der Waals surface area contributed by atoms with Crippen LogP contribution in [0.2, 0.25) is 5.02 Å². The predicted molar refractivity (Wildman–Crippen MR) is 93.2 cm³/mol. The largest absolute Gasteiger partial charge is 0.305 e. The van der Waals surface area contributed by atoms with Crippen molar-refractivity contribution in [1.82, 2.24) is 19.9 Å². The third-order valence-electron chi connectivity index (χ3n) is 3.60. The zero-order chi connectivity index (χ0) is 16.4. The summed E-state index contributed by atoms with van der Waals surface area (Å²) in [6.07, 6.45) is 0.796. The molecule has 120 valence electrons. The van der Waals surface area contributed by atoms with Crippen LogP contribution in [0.25, 0.3) is 4.96 Å². The van der Waals surface area contributed by atoms with Crippen LogP contribution in [0.3, 0.4) is 0 Å². The normalized spacial score (nSPS) is 12.7. The summed E-state index contributed by atoms with van der Waals surface area (Å²) in [5, 5.41) is 9.24. The monoisotopic (exact) mass is 348 g/mol. The van der Waals surface area contributed by atoms with Gasteiger partial charge in [-0.2, -0.15) is 9.61 Å². The van der Waals surface area contributed by atoms with Crippen molar-refractivity contribution in [2.24, 2.45) is 0 Å². The topological polar surface area (TPSA) is 59.3 Å². The molecular formula is C16H17ClN4OS. The molecule has 0 fully saturated rings. The number of benzene rings is 1. The van der Waals surface area contributed by atoms with E-state index < -0.39 is 0 Å². The van der Waals surface area contributed by atoms with Crippen molar-refractivity contribution in [3.63, 3.8) is 0 Å². The lowest BCUT2D eigenvalue weighted by molar-refractivity contribution is 0.567. The minimum Gasteiger partial charge on any atom is -0.305 e. The van der Waals surface area contributed by atoms with Crippen LogP contribution in [0.4, 0.5) is 0 Å². The van der Waals surface area contributed by atoms with Crippen molar-refractivity contribution in [2.45, 2.75) is 32.9 Å². The lowest BCUT2D eigenvalue weighted by Crippen LogP contribution is -2.22. The van der Waals surface area contributed by atoms with Crippen molar-refractivity contribution in [3.05, 3.63) is 62.0 Å². The SMILES string of the molecule is CCc1nn2c(=O)cc(CN[C@H](C)c3ccccc3Cl)nc2s1. The van der Waals surface area contributed by atoms with E-state index in [0.717, 1.165) is 22.0 Å². The molecule has 0 saturated carbocycles. The van der Waals surface area contributed by atoms with Gasteiger partial charge in [-0.05, 0) is 25.0 Å². The second-order valence-electron chi connectivity index (χ2n) is 5.25. The molecule has 1 atom stereocenters. The van der Waals surface area contributed by atoms with Crippen LogP contribution in [0.5, 0.6) is 0 Å². The number of halogens is 1. The van der Waals surface area contributed by atoms with E-state index in [1.807, 2.05) is 38.1 Å². The van der Waals surface area contributed by atoms with E-state index in [1.165, 1.54) is 21.9 Å². The van der Waals surface area contributed by atoms with Gasteiger partial charge < -0.3 is 5.32 Å². The Morgan fingerprint density at radius 1 is 1.39 bits per heavy atom. The van der Waals surface area contributed by atoms with Crippen LogP contribution in [-0.4, -0.2) is 14.6 Å². The van der Waals surface area contributed by atoms with Crippen molar-refractivity contribution >= 4 is 27.9 Å². The zero-order valence-electron chi connectivity index (χ0n) is 12.9. The third-order valence-corrected chi connectivity index (χ3v) is 5.00. The maximum Gasteiger partial charge on any atom is 0.275 e. The van der Waals surface area contributed by atoms with Crippen molar-refractivity contribution in [3.8, 4) is 0 Å². The molecule has 7 heteroatoms. The number of aryl methyl sites for hydroxylation is 1. The van der Waals surface area contributed by atoms with Crippen molar-refractivity contribution in [2.75, 3.05) is 0 Å². The number of hydrogen-bond acceptors (Lipinski definition) is 5. The van der Waals surface area contributed by atoms with E-state index in [-0.39, 0.29) is 11.6 Å². The molecule has 0 spiro atoms. The summed E-state index contributed by atoms with van der Waals surface area (Å²) in [5.74, 6) is 0. The molecule has 2 aromatic heterocycles. The molecule has 23 heavy (non-hydrogen) atoms. The maximum absolute atomic E-state index is 12.1. The molecular weight excluding hydrogens is 332 g/mol. The Hall–Kier alpha value is -1.76. The van der Waals surface area contributed by atoms with Gasteiger partial charge in [-0.25, -0.2) is 4.98 Å². The Bertz CT molecular complexity index is 889. The van der Waals surface area contributed by atoms with Gasteiger partial charge in [0.2, 0.25) is 4.96 Å². The van der Waals surface area contributed by atoms with Gasteiger partial charge in [-0.1, -0.05) is 48.1 Å². The molecule has 0 unspecified atom stereocenters. The Labute approximate surface area is 143 Å². The highest BCUT2D eigenvalue weighted by Crippen LogP contribution is 2.22. The summed E-state index contributed by atoms with van der Waals surface area (Å²) in [7, 11) is 0. The van der Waals surface area contributed by atoms with Crippen LogP contribution < -0.4 is 10.9 Å². The van der Waals surface area contributed by atoms with Crippen molar-refractivity contribution < 1.29 is 0 Å². The summed E-state index contributed by atoms with van der Waals surface area (Å²) in [4.78, 5) is 17.3. The summed E-state index contributed by atoms with van der Waals surface area (Å²) in [5.41, 5.74) is 1.59. The van der Waals surface area contributed by atoms with Gasteiger partial charge in [0.25, 0.3) is 5.56 Å². The van der Waals surface area contributed by atoms with Gasteiger partial charge >= 0.3 is 0 Å². The van der Waals surface area contributed by atoms with Crippen LogP contribution in [-0.2, 0) is 13.0 Å². The molecule has 0 aliphatic heterocycles. The third kappa shape index (κ3) is 3.44.